The zero-order valence-corrected chi connectivity index (χ0v) is 11.3. The van der Waals surface area contributed by atoms with E-state index in [1.165, 1.54) is 43.5 Å². The standard InChI is InChI=1S/C15H24N2/c1-12(2)11-17-7-5-4-6-15(17)14-8-13(3)9-16-10-14/h8-10,12,15H,4-7,11H2,1-3H3/t15-/m0/s1. The van der Waals surface area contributed by atoms with Gasteiger partial charge in [-0.05, 0) is 43.4 Å². The third kappa shape index (κ3) is 3.29. The van der Waals surface area contributed by atoms with Crippen molar-refractivity contribution in [1.82, 2.24) is 9.88 Å². The summed E-state index contributed by atoms with van der Waals surface area (Å²) in [5.41, 5.74) is 2.68. The average molecular weight is 232 g/mol. The van der Waals surface area contributed by atoms with Crippen LogP contribution in [0.2, 0.25) is 0 Å². The van der Waals surface area contributed by atoms with E-state index in [0.717, 1.165) is 5.92 Å². The van der Waals surface area contributed by atoms with Gasteiger partial charge in [0.05, 0.1) is 0 Å². The number of likely N-dealkylation sites (tertiary alicyclic amines) is 1. The first-order valence-electron chi connectivity index (χ1n) is 6.82. The molecule has 17 heavy (non-hydrogen) atoms. The lowest BCUT2D eigenvalue weighted by Gasteiger charge is -2.37. The summed E-state index contributed by atoms with van der Waals surface area (Å²) in [4.78, 5) is 6.99. The maximum absolute atomic E-state index is 4.35. The van der Waals surface area contributed by atoms with E-state index in [0.29, 0.717) is 6.04 Å². The predicted molar refractivity (Wildman–Crippen MR) is 72.0 cm³/mol. The van der Waals surface area contributed by atoms with E-state index in [4.69, 9.17) is 0 Å². The zero-order valence-electron chi connectivity index (χ0n) is 11.3. The van der Waals surface area contributed by atoms with Gasteiger partial charge < -0.3 is 0 Å². The number of hydrogen-bond acceptors (Lipinski definition) is 2. The van der Waals surface area contributed by atoms with Gasteiger partial charge in [-0.25, -0.2) is 0 Å². The first kappa shape index (κ1) is 12.6. The van der Waals surface area contributed by atoms with Crippen molar-refractivity contribution in [3.05, 3.63) is 29.6 Å². The molecule has 94 valence electrons. The van der Waals surface area contributed by atoms with Crippen LogP contribution in [0.15, 0.2) is 18.5 Å². The zero-order chi connectivity index (χ0) is 12.3. The van der Waals surface area contributed by atoms with E-state index in [2.05, 4.69) is 42.9 Å². The Morgan fingerprint density at radius 1 is 1.35 bits per heavy atom. The fourth-order valence-corrected chi connectivity index (χ4v) is 2.82. The number of hydrogen-bond donors (Lipinski definition) is 0. The quantitative estimate of drug-likeness (QED) is 0.792. The third-order valence-corrected chi connectivity index (χ3v) is 3.49. The van der Waals surface area contributed by atoms with Gasteiger partial charge in [-0.1, -0.05) is 26.3 Å². The molecule has 0 N–H and O–H groups in total. The Balaban J connectivity index is 2.15. The fraction of sp³-hybridized carbons (Fsp3) is 0.667. The van der Waals surface area contributed by atoms with Gasteiger partial charge >= 0.3 is 0 Å². The Hall–Kier alpha value is -0.890. The molecule has 0 aromatic carbocycles. The molecule has 0 unspecified atom stereocenters. The molecule has 0 amide bonds. The number of aromatic nitrogens is 1. The van der Waals surface area contributed by atoms with Crippen molar-refractivity contribution in [2.75, 3.05) is 13.1 Å². The van der Waals surface area contributed by atoms with Crippen LogP contribution >= 0.6 is 0 Å². The van der Waals surface area contributed by atoms with Crippen LogP contribution in [0.25, 0.3) is 0 Å². The Morgan fingerprint density at radius 2 is 2.18 bits per heavy atom. The van der Waals surface area contributed by atoms with Crippen molar-refractivity contribution in [3.63, 3.8) is 0 Å². The van der Waals surface area contributed by atoms with Crippen molar-refractivity contribution in [2.45, 2.75) is 46.1 Å². The number of aryl methyl sites for hydroxylation is 1. The molecule has 1 aliphatic rings. The second-order valence-corrected chi connectivity index (χ2v) is 5.70. The Kier molecular flexibility index (Phi) is 4.16. The molecule has 1 aromatic rings. The van der Waals surface area contributed by atoms with E-state index in [-0.39, 0.29) is 0 Å². The van der Waals surface area contributed by atoms with E-state index in [9.17, 15) is 0 Å². The molecule has 2 rings (SSSR count). The molecular formula is C15H24N2. The van der Waals surface area contributed by atoms with Gasteiger partial charge in [0.25, 0.3) is 0 Å². The first-order chi connectivity index (χ1) is 8.16. The second kappa shape index (κ2) is 5.63. The molecule has 2 heteroatoms. The summed E-state index contributed by atoms with van der Waals surface area (Å²) in [5.74, 6) is 0.744. The minimum atomic E-state index is 0.596. The van der Waals surface area contributed by atoms with Gasteiger partial charge in [-0.2, -0.15) is 0 Å². The number of pyridine rings is 1. The number of nitrogens with zero attached hydrogens (tertiary/aromatic N) is 2. The summed E-state index contributed by atoms with van der Waals surface area (Å²) < 4.78 is 0. The van der Waals surface area contributed by atoms with Crippen LogP contribution in [-0.2, 0) is 0 Å². The minimum Gasteiger partial charge on any atom is -0.296 e. The second-order valence-electron chi connectivity index (χ2n) is 5.70. The monoisotopic (exact) mass is 232 g/mol. The van der Waals surface area contributed by atoms with Crippen molar-refractivity contribution >= 4 is 0 Å². The average Bonchev–Trinajstić information content (AvgIpc) is 2.29. The van der Waals surface area contributed by atoms with Crippen LogP contribution in [0.5, 0.6) is 0 Å². The summed E-state index contributed by atoms with van der Waals surface area (Å²) >= 11 is 0. The molecule has 0 radical (unpaired) electrons. The number of piperidine rings is 1. The van der Waals surface area contributed by atoms with Crippen LogP contribution in [0, 0.1) is 12.8 Å². The lowest BCUT2D eigenvalue weighted by Crippen LogP contribution is -2.36. The SMILES string of the molecule is Cc1cncc([C@@H]2CCCCN2CC(C)C)c1. The van der Waals surface area contributed by atoms with Gasteiger partial charge in [-0.15, -0.1) is 0 Å². The molecule has 1 fully saturated rings. The lowest BCUT2D eigenvalue weighted by molar-refractivity contribution is 0.132. The Labute approximate surface area is 105 Å². The third-order valence-electron chi connectivity index (χ3n) is 3.49. The molecule has 1 atom stereocenters. The summed E-state index contributed by atoms with van der Waals surface area (Å²) in [6.07, 6.45) is 7.99. The molecule has 2 heterocycles. The van der Waals surface area contributed by atoms with Gasteiger partial charge in [0.1, 0.15) is 0 Å². The lowest BCUT2D eigenvalue weighted by atomic mass is 9.95. The van der Waals surface area contributed by atoms with E-state index in [1.807, 2.05) is 6.20 Å². The van der Waals surface area contributed by atoms with Gasteiger partial charge in [-0.3, -0.25) is 9.88 Å². The molecule has 1 aromatic heterocycles. The highest BCUT2D eigenvalue weighted by atomic mass is 15.2. The highest BCUT2D eigenvalue weighted by molar-refractivity contribution is 5.20. The van der Waals surface area contributed by atoms with Gasteiger partial charge in [0.2, 0.25) is 0 Å². The smallest absolute Gasteiger partial charge is 0.0363 e. The number of rotatable bonds is 3. The highest BCUT2D eigenvalue weighted by Crippen LogP contribution is 2.31. The van der Waals surface area contributed by atoms with Crippen molar-refractivity contribution in [3.8, 4) is 0 Å². The van der Waals surface area contributed by atoms with Crippen LogP contribution in [0.4, 0.5) is 0 Å². The Morgan fingerprint density at radius 3 is 2.88 bits per heavy atom. The van der Waals surface area contributed by atoms with Crippen molar-refractivity contribution in [2.24, 2.45) is 5.92 Å². The summed E-state index contributed by atoms with van der Waals surface area (Å²) in [6, 6.07) is 2.90. The molecule has 0 bridgehead atoms. The maximum Gasteiger partial charge on any atom is 0.0363 e. The Bertz CT molecular complexity index is 360. The molecule has 0 aliphatic carbocycles. The molecule has 1 aliphatic heterocycles. The van der Waals surface area contributed by atoms with E-state index in [1.54, 1.807) is 0 Å². The maximum atomic E-state index is 4.35. The molecule has 1 saturated heterocycles. The fourth-order valence-electron chi connectivity index (χ4n) is 2.82. The topological polar surface area (TPSA) is 16.1 Å². The van der Waals surface area contributed by atoms with Crippen LogP contribution in [-0.4, -0.2) is 23.0 Å². The minimum absolute atomic E-state index is 0.596. The van der Waals surface area contributed by atoms with E-state index >= 15 is 0 Å². The van der Waals surface area contributed by atoms with Crippen molar-refractivity contribution < 1.29 is 0 Å². The van der Waals surface area contributed by atoms with Crippen LogP contribution in [0.1, 0.15) is 50.3 Å². The van der Waals surface area contributed by atoms with E-state index < -0.39 is 0 Å². The highest BCUT2D eigenvalue weighted by Gasteiger charge is 2.24. The first-order valence-corrected chi connectivity index (χ1v) is 6.82. The molecule has 0 spiro atoms. The molecule has 0 saturated carbocycles. The largest absolute Gasteiger partial charge is 0.296 e. The summed E-state index contributed by atoms with van der Waals surface area (Å²) in [5, 5.41) is 0. The normalized spacial score (nSPS) is 22.0. The molecular weight excluding hydrogens is 208 g/mol. The summed E-state index contributed by atoms with van der Waals surface area (Å²) in [6.45, 7) is 9.20. The molecule has 2 nitrogen and oxygen atoms in total. The van der Waals surface area contributed by atoms with Crippen molar-refractivity contribution in [1.29, 1.82) is 0 Å². The van der Waals surface area contributed by atoms with Gasteiger partial charge in [0.15, 0.2) is 0 Å². The van der Waals surface area contributed by atoms with Gasteiger partial charge in [0, 0.05) is 25.0 Å². The summed E-state index contributed by atoms with van der Waals surface area (Å²) in [7, 11) is 0. The van der Waals surface area contributed by atoms with Crippen LogP contribution in [0.3, 0.4) is 0 Å². The van der Waals surface area contributed by atoms with Crippen LogP contribution < -0.4 is 0 Å². The predicted octanol–water partition coefficient (Wildman–Crippen LogP) is 3.57.